The van der Waals surface area contributed by atoms with Crippen molar-refractivity contribution in [3.8, 4) is 11.4 Å². The predicted molar refractivity (Wildman–Crippen MR) is 87.6 cm³/mol. The van der Waals surface area contributed by atoms with Crippen molar-refractivity contribution in [2.45, 2.75) is 52.1 Å². The molecule has 3 heterocycles. The zero-order valence-corrected chi connectivity index (χ0v) is 13.7. The van der Waals surface area contributed by atoms with E-state index < -0.39 is 0 Å². The molecule has 1 fully saturated rings. The van der Waals surface area contributed by atoms with Gasteiger partial charge in [0.1, 0.15) is 5.69 Å². The minimum absolute atomic E-state index is 0.508. The molecule has 1 aliphatic heterocycles. The van der Waals surface area contributed by atoms with Crippen molar-refractivity contribution < 1.29 is 0 Å². The Kier molecular flexibility index (Phi) is 4.52. The summed E-state index contributed by atoms with van der Waals surface area (Å²) in [5.74, 6) is 0.508. The van der Waals surface area contributed by atoms with Gasteiger partial charge in [0, 0.05) is 37.4 Å². The van der Waals surface area contributed by atoms with Crippen molar-refractivity contribution >= 4 is 0 Å². The minimum atomic E-state index is 0.508. The summed E-state index contributed by atoms with van der Waals surface area (Å²) in [6.07, 6.45) is 8.12. The molecule has 0 aliphatic carbocycles. The van der Waals surface area contributed by atoms with Crippen LogP contribution in [0.1, 0.15) is 45.2 Å². The van der Waals surface area contributed by atoms with Crippen LogP contribution in [0.3, 0.4) is 0 Å². The highest BCUT2D eigenvalue weighted by molar-refractivity contribution is 5.52. The Morgan fingerprint density at radius 2 is 2.14 bits per heavy atom. The predicted octanol–water partition coefficient (Wildman–Crippen LogP) is 2.95. The van der Waals surface area contributed by atoms with Crippen LogP contribution >= 0.6 is 0 Å². The number of hydrogen-bond acceptors (Lipinski definition) is 4. The molecule has 2 aromatic heterocycles. The number of aromatic nitrogens is 4. The Bertz CT molecular complexity index is 602. The van der Waals surface area contributed by atoms with Crippen LogP contribution in [0.4, 0.5) is 0 Å². The van der Waals surface area contributed by atoms with Gasteiger partial charge in [0.2, 0.25) is 0 Å². The van der Waals surface area contributed by atoms with Crippen LogP contribution in [0.15, 0.2) is 24.7 Å². The molecule has 5 nitrogen and oxygen atoms in total. The van der Waals surface area contributed by atoms with E-state index >= 15 is 0 Å². The first kappa shape index (κ1) is 15.2. The number of hydrogen-bond donors (Lipinski definition) is 0. The highest BCUT2D eigenvalue weighted by Gasteiger charge is 2.24. The van der Waals surface area contributed by atoms with Crippen LogP contribution in [0.2, 0.25) is 0 Å². The zero-order valence-electron chi connectivity index (χ0n) is 13.7. The van der Waals surface area contributed by atoms with Crippen LogP contribution in [0, 0.1) is 0 Å². The summed E-state index contributed by atoms with van der Waals surface area (Å²) in [5.41, 5.74) is 3.06. The van der Waals surface area contributed by atoms with Crippen LogP contribution in [0.5, 0.6) is 0 Å². The highest BCUT2D eigenvalue weighted by Crippen LogP contribution is 2.27. The second-order valence-corrected chi connectivity index (χ2v) is 6.29. The first-order valence-electron chi connectivity index (χ1n) is 8.27. The molecule has 0 aromatic carbocycles. The van der Waals surface area contributed by atoms with Gasteiger partial charge in [-0.2, -0.15) is 5.10 Å². The molecule has 0 amide bonds. The number of nitrogens with zero attached hydrogens (tertiary/aromatic N) is 5. The van der Waals surface area contributed by atoms with E-state index in [4.69, 9.17) is 4.98 Å². The third kappa shape index (κ3) is 3.04. The fourth-order valence-corrected chi connectivity index (χ4v) is 3.20. The first-order valence-corrected chi connectivity index (χ1v) is 8.27. The van der Waals surface area contributed by atoms with Gasteiger partial charge in [0.15, 0.2) is 0 Å². The van der Waals surface area contributed by atoms with Crippen molar-refractivity contribution in [2.24, 2.45) is 0 Å². The van der Waals surface area contributed by atoms with Gasteiger partial charge in [-0.1, -0.05) is 0 Å². The average Bonchev–Trinajstić information content (AvgIpc) is 3.04. The van der Waals surface area contributed by atoms with E-state index in [1.807, 2.05) is 29.3 Å². The average molecular weight is 299 g/mol. The van der Waals surface area contributed by atoms with Crippen molar-refractivity contribution in [1.82, 2.24) is 24.6 Å². The lowest BCUT2D eigenvalue weighted by molar-refractivity contribution is 0.166. The van der Waals surface area contributed by atoms with Gasteiger partial charge >= 0.3 is 0 Å². The monoisotopic (exact) mass is 299 g/mol. The lowest BCUT2D eigenvalue weighted by atomic mass is 9.94. The molecule has 2 aromatic rings. The van der Waals surface area contributed by atoms with Gasteiger partial charge in [0.05, 0.1) is 17.6 Å². The lowest BCUT2D eigenvalue weighted by Crippen LogP contribution is -2.39. The van der Waals surface area contributed by atoms with Gasteiger partial charge in [0.25, 0.3) is 0 Å². The molecular formula is C17H25N5. The third-order valence-corrected chi connectivity index (χ3v) is 4.55. The molecule has 22 heavy (non-hydrogen) atoms. The molecule has 3 rings (SSSR count). The summed E-state index contributed by atoms with van der Waals surface area (Å²) < 4.78 is 1.95. The van der Waals surface area contributed by atoms with E-state index in [1.54, 1.807) is 0 Å². The standard InChI is InChI=1S/C17H25N5/c1-4-22-17(7-8-20-22)16-11-18-15(10-19-16)14-6-5-9-21(12-14)13(2)3/h7-8,10-11,13-14H,4-6,9,12H2,1-3H3/t14-/m0/s1. The maximum Gasteiger partial charge on any atom is 0.107 e. The quantitative estimate of drug-likeness (QED) is 0.871. The maximum absolute atomic E-state index is 4.70. The van der Waals surface area contributed by atoms with Crippen LogP contribution in [-0.4, -0.2) is 43.8 Å². The summed E-state index contributed by atoms with van der Waals surface area (Å²) in [5, 5.41) is 4.29. The highest BCUT2D eigenvalue weighted by atomic mass is 15.3. The Balaban J connectivity index is 1.77. The van der Waals surface area contributed by atoms with Crippen molar-refractivity contribution in [3.05, 3.63) is 30.4 Å². The Morgan fingerprint density at radius 1 is 1.27 bits per heavy atom. The van der Waals surface area contributed by atoms with E-state index in [9.17, 15) is 0 Å². The molecule has 118 valence electrons. The van der Waals surface area contributed by atoms with Crippen molar-refractivity contribution in [1.29, 1.82) is 0 Å². The van der Waals surface area contributed by atoms with Gasteiger partial charge in [-0.15, -0.1) is 0 Å². The fraction of sp³-hybridized carbons (Fsp3) is 0.588. The molecule has 1 saturated heterocycles. The summed E-state index contributed by atoms with van der Waals surface area (Å²) in [7, 11) is 0. The molecule has 0 saturated carbocycles. The first-order chi connectivity index (χ1) is 10.7. The second kappa shape index (κ2) is 6.57. The zero-order chi connectivity index (χ0) is 15.5. The Hall–Kier alpha value is -1.75. The van der Waals surface area contributed by atoms with E-state index in [2.05, 4.69) is 35.8 Å². The molecular weight excluding hydrogens is 274 g/mol. The largest absolute Gasteiger partial charge is 0.300 e. The van der Waals surface area contributed by atoms with Gasteiger partial charge < -0.3 is 4.90 Å². The van der Waals surface area contributed by atoms with Gasteiger partial charge in [-0.25, -0.2) is 0 Å². The van der Waals surface area contributed by atoms with Crippen LogP contribution in [-0.2, 0) is 6.54 Å². The molecule has 0 bridgehead atoms. The maximum atomic E-state index is 4.70. The van der Waals surface area contributed by atoms with E-state index in [0.717, 1.165) is 30.2 Å². The molecule has 1 atom stereocenters. The molecule has 1 aliphatic rings. The van der Waals surface area contributed by atoms with Crippen molar-refractivity contribution in [2.75, 3.05) is 13.1 Å². The molecule has 0 radical (unpaired) electrons. The Morgan fingerprint density at radius 3 is 2.82 bits per heavy atom. The minimum Gasteiger partial charge on any atom is -0.300 e. The molecule has 0 spiro atoms. The number of aryl methyl sites for hydroxylation is 1. The van der Waals surface area contributed by atoms with Gasteiger partial charge in [-0.05, 0) is 46.2 Å². The topological polar surface area (TPSA) is 46.8 Å². The van der Waals surface area contributed by atoms with E-state index in [0.29, 0.717) is 12.0 Å². The summed E-state index contributed by atoms with van der Waals surface area (Å²) in [4.78, 5) is 11.9. The molecule has 0 unspecified atom stereocenters. The summed E-state index contributed by atoms with van der Waals surface area (Å²) >= 11 is 0. The number of piperidine rings is 1. The third-order valence-electron chi connectivity index (χ3n) is 4.55. The number of rotatable bonds is 4. The van der Waals surface area contributed by atoms with Crippen LogP contribution in [0.25, 0.3) is 11.4 Å². The summed E-state index contributed by atoms with van der Waals surface area (Å²) in [6.45, 7) is 9.76. The fourth-order valence-electron chi connectivity index (χ4n) is 3.20. The molecule has 5 heteroatoms. The smallest absolute Gasteiger partial charge is 0.107 e. The normalized spacial score (nSPS) is 19.7. The summed E-state index contributed by atoms with van der Waals surface area (Å²) in [6, 6.07) is 2.60. The van der Waals surface area contributed by atoms with Crippen molar-refractivity contribution in [3.63, 3.8) is 0 Å². The van der Waals surface area contributed by atoms with Gasteiger partial charge in [-0.3, -0.25) is 14.6 Å². The SMILES string of the molecule is CCn1nccc1-c1cnc([C@H]2CCCN(C(C)C)C2)cn1. The van der Waals surface area contributed by atoms with Crippen LogP contribution < -0.4 is 0 Å². The van der Waals surface area contributed by atoms with E-state index in [1.165, 1.54) is 19.4 Å². The second-order valence-electron chi connectivity index (χ2n) is 6.29. The number of likely N-dealkylation sites (tertiary alicyclic amines) is 1. The molecule has 0 N–H and O–H groups in total. The lowest BCUT2D eigenvalue weighted by Gasteiger charge is -2.35. The van der Waals surface area contributed by atoms with E-state index in [-0.39, 0.29) is 0 Å². The Labute approximate surface area is 132 Å².